The highest BCUT2D eigenvalue weighted by Gasteiger charge is 2.47. The minimum atomic E-state index is -4.46. The Morgan fingerprint density at radius 1 is 0.949 bits per heavy atom. The van der Waals surface area contributed by atoms with Crippen molar-refractivity contribution in [2.24, 2.45) is 5.92 Å². The van der Waals surface area contributed by atoms with Crippen molar-refractivity contribution in [1.82, 2.24) is 19.1 Å². The van der Waals surface area contributed by atoms with E-state index in [-0.39, 0.29) is 18.1 Å². The van der Waals surface area contributed by atoms with Crippen molar-refractivity contribution in [1.29, 1.82) is 0 Å². The summed E-state index contributed by atoms with van der Waals surface area (Å²) in [4.78, 5) is 17.4. The molecule has 0 bridgehead atoms. The fourth-order valence-corrected chi connectivity index (χ4v) is 7.02. The van der Waals surface area contributed by atoms with E-state index in [2.05, 4.69) is 10.1 Å². The number of pyridine rings is 1. The summed E-state index contributed by atoms with van der Waals surface area (Å²) in [6.45, 7) is -0.0773. The molecule has 0 saturated carbocycles. The zero-order chi connectivity index (χ0) is 27.3. The summed E-state index contributed by atoms with van der Waals surface area (Å²) < 4.78 is 71.7. The molecular weight excluding hydrogens is 529 g/mol. The monoisotopic (exact) mass is 550 g/mol. The first-order valence-corrected chi connectivity index (χ1v) is 13.6. The Hall–Kier alpha value is -4.09. The van der Waals surface area contributed by atoms with Gasteiger partial charge in [-0.2, -0.15) is 9.40 Å². The summed E-state index contributed by atoms with van der Waals surface area (Å²) in [7, 11) is -4.46. The number of nitrogens with zero attached hydrogens (tertiary/aromatic N) is 4. The topological polar surface area (TPSA) is 85.2 Å². The molecule has 11 heteroatoms. The average Bonchev–Trinajstić information content (AvgIpc) is 3.34. The van der Waals surface area contributed by atoms with Gasteiger partial charge < -0.3 is 0 Å². The molecule has 1 aliphatic heterocycles. The average molecular weight is 551 g/mol. The molecule has 0 spiro atoms. The minimum absolute atomic E-state index is 0.0773. The van der Waals surface area contributed by atoms with Gasteiger partial charge in [0, 0.05) is 24.7 Å². The Morgan fingerprint density at radius 2 is 1.69 bits per heavy atom. The van der Waals surface area contributed by atoms with Crippen LogP contribution in [0.1, 0.15) is 28.2 Å². The van der Waals surface area contributed by atoms with Gasteiger partial charge in [-0.15, -0.1) is 0 Å². The van der Waals surface area contributed by atoms with Crippen LogP contribution in [0.4, 0.5) is 13.2 Å². The van der Waals surface area contributed by atoms with Crippen LogP contribution < -0.4 is 0 Å². The number of carbonyl (C=O) groups is 1. The lowest BCUT2D eigenvalue weighted by molar-refractivity contribution is 0.0821. The first-order chi connectivity index (χ1) is 18.7. The predicted octanol–water partition coefficient (Wildman–Crippen LogP) is 4.59. The van der Waals surface area contributed by atoms with Gasteiger partial charge in [0.05, 0.1) is 28.5 Å². The molecule has 2 aliphatic rings. The van der Waals surface area contributed by atoms with Crippen molar-refractivity contribution in [3.05, 3.63) is 113 Å². The largest absolute Gasteiger partial charge is 0.291 e. The summed E-state index contributed by atoms with van der Waals surface area (Å²) in [6, 6.07) is 11.6. The molecule has 1 unspecified atom stereocenters. The van der Waals surface area contributed by atoms with Crippen molar-refractivity contribution in [2.45, 2.75) is 23.8 Å². The maximum Gasteiger partial charge on any atom is 0.243 e. The number of aromatic nitrogens is 3. The molecule has 6 rings (SSSR count). The summed E-state index contributed by atoms with van der Waals surface area (Å²) in [6.07, 6.45) is 5.57. The van der Waals surface area contributed by atoms with Crippen molar-refractivity contribution in [2.75, 3.05) is 6.54 Å². The van der Waals surface area contributed by atoms with Crippen LogP contribution in [0.3, 0.4) is 0 Å². The fraction of sp³-hybridized carbons (Fsp3) is 0.179. The van der Waals surface area contributed by atoms with E-state index in [1.165, 1.54) is 24.4 Å². The van der Waals surface area contributed by atoms with Crippen LogP contribution in [-0.4, -0.2) is 45.9 Å². The van der Waals surface area contributed by atoms with Crippen LogP contribution >= 0.6 is 0 Å². The van der Waals surface area contributed by atoms with E-state index >= 15 is 0 Å². The highest BCUT2D eigenvalue weighted by atomic mass is 32.2. The predicted molar refractivity (Wildman–Crippen MR) is 136 cm³/mol. The number of Topliss-reactive ketones (excluding diaryl/α,β-unsaturated/α-hetero) is 1. The van der Waals surface area contributed by atoms with Gasteiger partial charge in [0.15, 0.2) is 5.78 Å². The molecular formula is C28H21F3N4O3S. The number of hydrogen-bond donors (Lipinski definition) is 0. The molecule has 1 aliphatic carbocycles. The molecule has 0 amide bonds. The number of fused-ring (bicyclic) bond motifs is 2. The fourth-order valence-electron chi connectivity index (χ4n) is 5.35. The van der Waals surface area contributed by atoms with Gasteiger partial charge in [0.2, 0.25) is 10.0 Å². The highest BCUT2D eigenvalue weighted by Crippen LogP contribution is 2.41. The highest BCUT2D eigenvalue weighted by molar-refractivity contribution is 7.89. The smallest absolute Gasteiger partial charge is 0.243 e. The summed E-state index contributed by atoms with van der Waals surface area (Å²) >= 11 is 0. The Labute approximate surface area is 222 Å². The molecule has 4 aromatic rings. The van der Waals surface area contributed by atoms with E-state index in [0.717, 1.165) is 33.3 Å². The molecule has 7 nitrogen and oxygen atoms in total. The number of sulfonamides is 1. The number of hydrogen-bond acceptors (Lipinski definition) is 5. The SMILES string of the molecule is O=C(c1ccccn1)[C@@H]1C2Cc3cnn(-c4ccc(F)cc4)c3C=C2CCN1S(=O)(=O)c1cc(F)cc(F)c1. The molecule has 2 aromatic carbocycles. The van der Waals surface area contributed by atoms with Gasteiger partial charge in [0.1, 0.15) is 23.1 Å². The normalized spacial score (nSPS) is 19.2. The number of halogens is 3. The number of ketones is 1. The standard InChI is InChI=1S/C28H21F3N4O3S/c29-19-4-6-22(7-5-19)35-26-12-17-8-10-34(39(37,38)23-14-20(30)13-21(31)15-23)27(24(17)11-18(26)16-33-35)28(36)25-3-1-2-9-32-25/h1-7,9,12-16,24,27H,8,10-11H2/t24?,27-/m0/s1. The van der Waals surface area contributed by atoms with Crippen molar-refractivity contribution >= 4 is 21.9 Å². The summed E-state index contributed by atoms with van der Waals surface area (Å²) in [5.41, 5.74) is 3.13. The molecule has 39 heavy (non-hydrogen) atoms. The van der Waals surface area contributed by atoms with E-state index in [1.54, 1.807) is 35.1 Å². The lowest BCUT2D eigenvalue weighted by Crippen LogP contribution is -2.54. The van der Waals surface area contributed by atoms with E-state index < -0.39 is 44.3 Å². The third-order valence-corrected chi connectivity index (χ3v) is 9.00. The van der Waals surface area contributed by atoms with Gasteiger partial charge in [-0.05, 0) is 73.0 Å². The maximum absolute atomic E-state index is 14.0. The van der Waals surface area contributed by atoms with Gasteiger partial charge in [-0.3, -0.25) is 9.78 Å². The number of rotatable bonds is 5. The lowest BCUT2D eigenvalue weighted by Gasteiger charge is -2.42. The van der Waals surface area contributed by atoms with Crippen LogP contribution in [0.5, 0.6) is 0 Å². The van der Waals surface area contributed by atoms with Gasteiger partial charge in [0.25, 0.3) is 0 Å². The summed E-state index contributed by atoms with van der Waals surface area (Å²) in [5.74, 6) is -3.51. The number of piperidine rings is 1. The zero-order valence-corrected chi connectivity index (χ0v) is 21.2. The van der Waals surface area contributed by atoms with Crippen LogP contribution in [0, 0.1) is 23.4 Å². The number of carbonyl (C=O) groups excluding carboxylic acids is 1. The lowest BCUT2D eigenvalue weighted by atomic mass is 9.76. The Morgan fingerprint density at radius 3 is 2.38 bits per heavy atom. The van der Waals surface area contributed by atoms with E-state index in [4.69, 9.17) is 0 Å². The van der Waals surface area contributed by atoms with E-state index in [1.807, 2.05) is 6.08 Å². The molecule has 2 aromatic heterocycles. The molecule has 3 heterocycles. The van der Waals surface area contributed by atoms with Gasteiger partial charge in [-0.25, -0.2) is 26.3 Å². The first kappa shape index (κ1) is 25.2. The van der Waals surface area contributed by atoms with E-state index in [9.17, 15) is 26.4 Å². The van der Waals surface area contributed by atoms with E-state index in [0.29, 0.717) is 24.6 Å². The second-order valence-corrected chi connectivity index (χ2v) is 11.4. The Kier molecular flexibility index (Phi) is 6.19. The minimum Gasteiger partial charge on any atom is -0.291 e. The maximum atomic E-state index is 14.0. The number of benzene rings is 2. The molecule has 0 radical (unpaired) electrons. The van der Waals surface area contributed by atoms with Gasteiger partial charge >= 0.3 is 0 Å². The Bertz CT molecular complexity index is 1700. The second-order valence-electron chi connectivity index (χ2n) is 9.47. The summed E-state index contributed by atoms with van der Waals surface area (Å²) in [5, 5.41) is 4.46. The van der Waals surface area contributed by atoms with Crippen LogP contribution in [-0.2, 0) is 16.4 Å². The molecule has 198 valence electrons. The van der Waals surface area contributed by atoms with Crippen molar-refractivity contribution in [3.63, 3.8) is 0 Å². The quantitative estimate of drug-likeness (QED) is 0.340. The zero-order valence-electron chi connectivity index (χ0n) is 20.3. The Balaban J connectivity index is 1.44. The van der Waals surface area contributed by atoms with Crippen LogP contribution in [0.15, 0.2) is 83.5 Å². The molecule has 1 fully saturated rings. The van der Waals surface area contributed by atoms with Crippen molar-refractivity contribution < 1.29 is 26.4 Å². The molecule has 0 N–H and O–H groups in total. The van der Waals surface area contributed by atoms with Gasteiger partial charge in [-0.1, -0.05) is 11.6 Å². The first-order valence-electron chi connectivity index (χ1n) is 12.2. The van der Waals surface area contributed by atoms with Crippen LogP contribution in [0.2, 0.25) is 0 Å². The second kappa shape index (κ2) is 9.58. The third kappa shape index (κ3) is 4.47. The molecule has 2 atom stereocenters. The van der Waals surface area contributed by atoms with Crippen molar-refractivity contribution in [3.8, 4) is 5.69 Å². The molecule has 1 saturated heterocycles. The van der Waals surface area contributed by atoms with Crippen LogP contribution in [0.25, 0.3) is 11.8 Å². The third-order valence-electron chi connectivity index (χ3n) is 7.14.